The average Bonchev–Trinajstić information content (AvgIpc) is 2.47. The van der Waals surface area contributed by atoms with Crippen LogP contribution in [0.2, 0.25) is 0 Å². The standard InChI is InChI=1S/C16H26N4O2.HI/c1-13(2)10-12-19-16(17)18-11-4-3-5-14-6-8-15(9-7-14)20(21)22;/h6-9,13H,3-5,10-12H2,1-2H3,(H3,17,18,19);1H. The van der Waals surface area contributed by atoms with Gasteiger partial charge >= 0.3 is 0 Å². The molecule has 0 bridgehead atoms. The molecule has 0 fully saturated rings. The quantitative estimate of drug-likeness (QED) is 0.155. The van der Waals surface area contributed by atoms with Gasteiger partial charge in [-0.2, -0.15) is 0 Å². The van der Waals surface area contributed by atoms with E-state index in [1.165, 1.54) is 0 Å². The minimum absolute atomic E-state index is 0. The van der Waals surface area contributed by atoms with Crippen LogP contribution in [-0.4, -0.2) is 24.0 Å². The molecular weight excluding hydrogens is 407 g/mol. The second-order valence-corrected chi connectivity index (χ2v) is 5.76. The fraction of sp³-hybridized carbons (Fsp3) is 0.562. The Bertz CT molecular complexity index is 489. The highest BCUT2D eigenvalue weighted by atomic mass is 127. The third kappa shape index (κ3) is 10.1. The van der Waals surface area contributed by atoms with E-state index in [9.17, 15) is 10.1 Å². The molecule has 0 radical (unpaired) electrons. The predicted molar refractivity (Wildman–Crippen MR) is 105 cm³/mol. The molecule has 1 aromatic rings. The van der Waals surface area contributed by atoms with Crippen molar-refractivity contribution in [3.05, 3.63) is 39.9 Å². The molecule has 6 nitrogen and oxygen atoms in total. The Morgan fingerprint density at radius 3 is 2.52 bits per heavy atom. The van der Waals surface area contributed by atoms with Crippen LogP contribution in [0.25, 0.3) is 0 Å². The van der Waals surface area contributed by atoms with Crippen LogP contribution in [0.15, 0.2) is 29.3 Å². The van der Waals surface area contributed by atoms with Crippen LogP contribution in [0.3, 0.4) is 0 Å². The number of guanidine groups is 1. The highest BCUT2D eigenvalue weighted by molar-refractivity contribution is 14.0. The first-order valence-electron chi connectivity index (χ1n) is 7.76. The monoisotopic (exact) mass is 434 g/mol. The van der Waals surface area contributed by atoms with Gasteiger partial charge in [-0.3, -0.25) is 15.1 Å². The van der Waals surface area contributed by atoms with E-state index in [0.717, 1.165) is 37.8 Å². The van der Waals surface area contributed by atoms with E-state index in [4.69, 9.17) is 5.73 Å². The number of aryl methyl sites for hydroxylation is 1. The molecule has 0 atom stereocenters. The molecule has 0 spiro atoms. The van der Waals surface area contributed by atoms with Gasteiger partial charge in [-0.1, -0.05) is 26.0 Å². The number of nitro groups is 1. The zero-order chi connectivity index (χ0) is 16.4. The molecule has 1 aromatic carbocycles. The summed E-state index contributed by atoms with van der Waals surface area (Å²) in [6.45, 7) is 5.91. The fourth-order valence-electron chi connectivity index (χ4n) is 1.97. The van der Waals surface area contributed by atoms with E-state index in [2.05, 4.69) is 24.2 Å². The van der Waals surface area contributed by atoms with E-state index in [0.29, 0.717) is 18.4 Å². The Kier molecular flexibility index (Phi) is 11.4. The van der Waals surface area contributed by atoms with Gasteiger partial charge in [0.15, 0.2) is 5.96 Å². The van der Waals surface area contributed by atoms with E-state index in [1.807, 2.05) is 12.1 Å². The summed E-state index contributed by atoms with van der Waals surface area (Å²) in [4.78, 5) is 14.5. The number of nitro benzene ring substituents is 1. The summed E-state index contributed by atoms with van der Waals surface area (Å²) in [5, 5.41) is 13.7. The molecule has 23 heavy (non-hydrogen) atoms. The zero-order valence-corrected chi connectivity index (χ0v) is 16.2. The topological polar surface area (TPSA) is 93.5 Å². The van der Waals surface area contributed by atoms with Crippen molar-refractivity contribution in [1.82, 2.24) is 5.32 Å². The maximum absolute atomic E-state index is 10.6. The van der Waals surface area contributed by atoms with E-state index in [-0.39, 0.29) is 34.6 Å². The minimum atomic E-state index is -0.381. The smallest absolute Gasteiger partial charge is 0.269 e. The van der Waals surface area contributed by atoms with Crippen LogP contribution in [0.4, 0.5) is 5.69 Å². The van der Waals surface area contributed by atoms with Crippen LogP contribution in [0.1, 0.15) is 38.7 Å². The zero-order valence-electron chi connectivity index (χ0n) is 13.8. The summed E-state index contributed by atoms with van der Waals surface area (Å²) in [6.07, 6.45) is 3.91. The Balaban J connectivity index is 0.00000484. The highest BCUT2D eigenvalue weighted by Crippen LogP contribution is 2.13. The Morgan fingerprint density at radius 1 is 1.30 bits per heavy atom. The maximum Gasteiger partial charge on any atom is 0.269 e. The van der Waals surface area contributed by atoms with Gasteiger partial charge in [-0.05, 0) is 37.2 Å². The van der Waals surface area contributed by atoms with E-state index >= 15 is 0 Å². The number of aliphatic imine (C=N–C) groups is 1. The van der Waals surface area contributed by atoms with Crippen molar-refractivity contribution in [3.8, 4) is 0 Å². The number of halogens is 1. The van der Waals surface area contributed by atoms with E-state index < -0.39 is 0 Å². The molecule has 0 aliphatic heterocycles. The number of nitrogens with zero attached hydrogens (tertiary/aromatic N) is 2. The van der Waals surface area contributed by atoms with Gasteiger partial charge in [-0.15, -0.1) is 24.0 Å². The molecule has 0 aliphatic carbocycles. The van der Waals surface area contributed by atoms with Gasteiger partial charge in [-0.25, -0.2) is 0 Å². The predicted octanol–water partition coefficient (Wildman–Crippen LogP) is 3.49. The maximum atomic E-state index is 10.6. The largest absolute Gasteiger partial charge is 0.370 e. The molecule has 0 aromatic heterocycles. The highest BCUT2D eigenvalue weighted by Gasteiger charge is 2.03. The van der Waals surface area contributed by atoms with Crippen molar-refractivity contribution in [2.75, 3.05) is 13.1 Å². The second kappa shape index (κ2) is 12.1. The van der Waals surface area contributed by atoms with Crippen molar-refractivity contribution in [3.63, 3.8) is 0 Å². The third-order valence-corrected chi connectivity index (χ3v) is 3.33. The fourth-order valence-corrected chi connectivity index (χ4v) is 1.97. The summed E-state index contributed by atoms with van der Waals surface area (Å²) in [5.41, 5.74) is 7.02. The van der Waals surface area contributed by atoms with E-state index in [1.54, 1.807) is 12.1 Å². The average molecular weight is 434 g/mol. The number of hydrogen-bond donors (Lipinski definition) is 2. The van der Waals surface area contributed by atoms with Crippen LogP contribution < -0.4 is 11.1 Å². The first kappa shape index (κ1) is 21.6. The van der Waals surface area contributed by atoms with Gasteiger partial charge in [0.25, 0.3) is 5.69 Å². The number of non-ortho nitro benzene ring substituents is 1. The lowest BCUT2D eigenvalue weighted by Crippen LogP contribution is -2.33. The third-order valence-electron chi connectivity index (χ3n) is 3.33. The Morgan fingerprint density at radius 2 is 1.96 bits per heavy atom. The number of rotatable bonds is 9. The number of nitrogens with one attached hydrogen (secondary N) is 1. The number of nitrogens with two attached hydrogens (primary N) is 1. The van der Waals surface area contributed by atoms with Gasteiger partial charge in [0, 0.05) is 25.2 Å². The lowest BCUT2D eigenvalue weighted by Gasteiger charge is -2.07. The molecule has 0 heterocycles. The Labute approximate surface area is 155 Å². The van der Waals surface area contributed by atoms with Crippen molar-refractivity contribution in [2.45, 2.75) is 39.5 Å². The summed E-state index contributed by atoms with van der Waals surface area (Å²) in [5.74, 6) is 1.16. The first-order chi connectivity index (χ1) is 10.5. The van der Waals surface area contributed by atoms with Crippen LogP contribution >= 0.6 is 24.0 Å². The Hall–Kier alpha value is -1.38. The normalized spacial score (nSPS) is 11.2. The van der Waals surface area contributed by atoms with Crippen molar-refractivity contribution >= 4 is 35.6 Å². The SMILES string of the molecule is CC(C)CCNC(N)=NCCCCc1ccc([N+](=O)[O-])cc1.I. The molecule has 130 valence electrons. The first-order valence-corrected chi connectivity index (χ1v) is 7.76. The van der Waals surface area contributed by atoms with Gasteiger partial charge in [0.2, 0.25) is 0 Å². The summed E-state index contributed by atoms with van der Waals surface area (Å²) >= 11 is 0. The molecule has 0 amide bonds. The molecule has 3 N–H and O–H groups in total. The van der Waals surface area contributed by atoms with Crippen LogP contribution in [0.5, 0.6) is 0 Å². The number of hydrogen-bond acceptors (Lipinski definition) is 3. The van der Waals surface area contributed by atoms with Gasteiger partial charge in [0.1, 0.15) is 0 Å². The molecule has 7 heteroatoms. The van der Waals surface area contributed by atoms with Crippen LogP contribution in [-0.2, 0) is 6.42 Å². The molecule has 1 rings (SSSR count). The van der Waals surface area contributed by atoms with Gasteiger partial charge < -0.3 is 11.1 Å². The second-order valence-electron chi connectivity index (χ2n) is 5.76. The number of benzene rings is 1. The van der Waals surface area contributed by atoms with Crippen molar-refractivity contribution in [1.29, 1.82) is 0 Å². The van der Waals surface area contributed by atoms with Crippen molar-refractivity contribution < 1.29 is 4.92 Å². The van der Waals surface area contributed by atoms with Gasteiger partial charge in [0.05, 0.1) is 4.92 Å². The van der Waals surface area contributed by atoms with Crippen molar-refractivity contribution in [2.24, 2.45) is 16.6 Å². The number of unbranched alkanes of at least 4 members (excludes halogenated alkanes) is 1. The van der Waals surface area contributed by atoms with Crippen LogP contribution in [0, 0.1) is 16.0 Å². The molecule has 0 unspecified atom stereocenters. The molecule has 0 aliphatic rings. The molecule has 0 saturated carbocycles. The summed E-state index contributed by atoms with van der Waals surface area (Å²) in [7, 11) is 0. The minimum Gasteiger partial charge on any atom is -0.370 e. The molecule has 0 saturated heterocycles. The molecular formula is C16H27IN4O2. The lowest BCUT2D eigenvalue weighted by atomic mass is 10.1. The lowest BCUT2D eigenvalue weighted by molar-refractivity contribution is -0.384. The summed E-state index contributed by atoms with van der Waals surface area (Å²) < 4.78 is 0. The summed E-state index contributed by atoms with van der Waals surface area (Å²) in [6, 6.07) is 6.71.